The van der Waals surface area contributed by atoms with E-state index in [0.29, 0.717) is 17.5 Å². The number of benzene rings is 1. The number of aryl methyl sites for hydroxylation is 1. The SMILES string of the molecule is CCC1(O)CN(S(=O)(=O)c2cc([N+](=O)[O-])cc(C)c2C)C1. The first kappa shape index (κ1) is 15.9. The summed E-state index contributed by atoms with van der Waals surface area (Å²) in [6, 6.07) is 2.44. The van der Waals surface area contributed by atoms with Crippen molar-refractivity contribution in [2.45, 2.75) is 37.7 Å². The number of hydrogen-bond acceptors (Lipinski definition) is 5. The second-order valence-electron chi connectivity index (χ2n) is 5.49. The van der Waals surface area contributed by atoms with E-state index in [1.54, 1.807) is 20.8 Å². The third-order valence-electron chi connectivity index (χ3n) is 4.03. The zero-order valence-electron chi connectivity index (χ0n) is 12.2. The quantitative estimate of drug-likeness (QED) is 0.668. The molecule has 1 aliphatic rings. The topological polar surface area (TPSA) is 101 Å². The Kier molecular flexibility index (Phi) is 3.81. The van der Waals surface area contributed by atoms with Crippen molar-refractivity contribution in [1.29, 1.82) is 0 Å². The molecule has 0 unspecified atom stereocenters. The van der Waals surface area contributed by atoms with Crippen LogP contribution >= 0.6 is 0 Å². The number of hydrogen-bond donors (Lipinski definition) is 1. The zero-order chi connectivity index (χ0) is 16.0. The largest absolute Gasteiger partial charge is 0.387 e. The van der Waals surface area contributed by atoms with Gasteiger partial charge >= 0.3 is 0 Å². The molecule has 0 amide bonds. The van der Waals surface area contributed by atoms with Gasteiger partial charge in [-0.1, -0.05) is 6.92 Å². The van der Waals surface area contributed by atoms with Crippen molar-refractivity contribution in [3.63, 3.8) is 0 Å². The van der Waals surface area contributed by atoms with Crippen LogP contribution in [0.15, 0.2) is 17.0 Å². The monoisotopic (exact) mass is 314 g/mol. The smallest absolute Gasteiger partial charge is 0.271 e. The molecule has 1 N–H and O–H groups in total. The Bertz CT molecular complexity index is 693. The molecule has 1 aliphatic heterocycles. The summed E-state index contributed by atoms with van der Waals surface area (Å²) in [6.07, 6.45) is 0.464. The van der Waals surface area contributed by atoms with Crippen molar-refractivity contribution >= 4 is 15.7 Å². The highest BCUT2D eigenvalue weighted by atomic mass is 32.2. The van der Waals surface area contributed by atoms with Gasteiger partial charge in [0.05, 0.1) is 15.4 Å². The minimum Gasteiger partial charge on any atom is -0.387 e. The van der Waals surface area contributed by atoms with Crippen LogP contribution in [0.3, 0.4) is 0 Å². The third-order valence-corrected chi connectivity index (χ3v) is 5.95. The van der Waals surface area contributed by atoms with E-state index in [9.17, 15) is 23.6 Å². The highest BCUT2D eigenvalue weighted by Crippen LogP contribution is 2.33. The molecule has 116 valence electrons. The molecule has 8 heteroatoms. The summed E-state index contributed by atoms with van der Waals surface area (Å²) in [6.45, 7) is 5.09. The number of rotatable bonds is 4. The third kappa shape index (κ3) is 2.66. The summed E-state index contributed by atoms with van der Waals surface area (Å²) in [5.74, 6) is 0. The summed E-state index contributed by atoms with van der Waals surface area (Å²) in [7, 11) is -3.82. The summed E-state index contributed by atoms with van der Waals surface area (Å²) in [4.78, 5) is 10.2. The van der Waals surface area contributed by atoms with Gasteiger partial charge in [0.2, 0.25) is 10.0 Å². The van der Waals surface area contributed by atoms with Gasteiger partial charge in [0, 0.05) is 25.2 Å². The molecule has 1 saturated heterocycles. The highest BCUT2D eigenvalue weighted by Gasteiger charge is 2.46. The van der Waals surface area contributed by atoms with Crippen LogP contribution in [0.4, 0.5) is 5.69 Å². The first-order valence-corrected chi connectivity index (χ1v) is 8.03. The van der Waals surface area contributed by atoms with Crippen molar-refractivity contribution in [2.24, 2.45) is 0 Å². The fourth-order valence-corrected chi connectivity index (χ4v) is 4.24. The number of non-ortho nitro benzene ring substituents is 1. The maximum Gasteiger partial charge on any atom is 0.271 e. The van der Waals surface area contributed by atoms with E-state index in [4.69, 9.17) is 0 Å². The summed E-state index contributed by atoms with van der Waals surface area (Å²) in [5, 5.41) is 20.9. The van der Waals surface area contributed by atoms with Crippen LogP contribution in [0.25, 0.3) is 0 Å². The van der Waals surface area contributed by atoms with Crippen LogP contribution in [0.1, 0.15) is 24.5 Å². The summed E-state index contributed by atoms with van der Waals surface area (Å²) in [5.41, 5.74) is -0.193. The Balaban J connectivity index is 2.44. The van der Waals surface area contributed by atoms with E-state index in [1.807, 2.05) is 0 Å². The molecule has 1 fully saturated rings. The average Bonchev–Trinajstić information content (AvgIpc) is 2.37. The lowest BCUT2D eigenvalue weighted by molar-refractivity contribution is -0.385. The van der Waals surface area contributed by atoms with Crippen LogP contribution in [0.2, 0.25) is 0 Å². The minimum absolute atomic E-state index is 0.0208. The molecule has 21 heavy (non-hydrogen) atoms. The number of aliphatic hydroxyl groups is 1. The molecule has 0 aliphatic carbocycles. The molecular formula is C13H18N2O5S. The lowest BCUT2D eigenvalue weighted by Gasteiger charge is -2.45. The van der Waals surface area contributed by atoms with Crippen molar-refractivity contribution in [2.75, 3.05) is 13.1 Å². The Labute approximate surface area is 123 Å². The normalized spacial score (nSPS) is 18.3. The van der Waals surface area contributed by atoms with Crippen molar-refractivity contribution in [3.8, 4) is 0 Å². The Hall–Kier alpha value is -1.51. The van der Waals surface area contributed by atoms with Crippen LogP contribution in [-0.4, -0.2) is 41.4 Å². The first-order valence-electron chi connectivity index (χ1n) is 6.59. The lowest BCUT2D eigenvalue weighted by atomic mass is 9.94. The van der Waals surface area contributed by atoms with E-state index in [1.165, 1.54) is 6.07 Å². The molecule has 1 aromatic rings. The van der Waals surface area contributed by atoms with Gasteiger partial charge < -0.3 is 5.11 Å². The van der Waals surface area contributed by atoms with E-state index in [-0.39, 0.29) is 23.7 Å². The van der Waals surface area contributed by atoms with Gasteiger partial charge in [-0.05, 0) is 31.4 Å². The van der Waals surface area contributed by atoms with Crippen molar-refractivity contribution in [1.82, 2.24) is 4.31 Å². The Morgan fingerprint density at radius 2 is 1.95 bits per heavy atom. The van der Waals surface area contributed by atoms with Gasteiger partial charge in [0.25, 0.3) is 5.69 Å². The van der Waals surface area contributed by atoms with Gasteiger partial charge in [-0.25, -0.2) is 8.42 Å². The standard InChI is InChI=1S/C13H18N2O5S/c1-4-13(16)7-14(8-13)21(19,20)12-6-11(15(17)18)5-9(2)10(12)3/h5-6,16H,4,7-8H2,1-3H3. The molecule has 0 aromatic heterocycles. The van der Waals surface area contributed by atoms with Gasteiger partial charge in [-0.2, -0.15) is 4.31 Å². The highest BCUT2D eigenvalue weighted by molar-refractivity contribution is 7.89. The molecule has 2 rings (SSSR count). The van der Waals surface area contributed by atoms with Gasteiger partial charge in [0.15, 0.2) is 0 Å². The maximum atomic E-state index is 12.6. The molecule has 0 radical (unpaired) electrons. The number of β-amino-alcohol motifs (C(OH)–C–C–N with tert-alkyl or cyclic N) is 1. The van der Waals surface area contributed by atoms with Gasteiger partial charge in [0.1, 0.15) is 0 Å². The molecule has 7 nitrogen and oxygen atoms in total. The fraction of sp³-hybridized carbons (Fsp3) is 0.538. The predicted octanol–water partition coefficient (Wildman–Crippen LogP) is 1.36. The average molecular weight is 314 g/mol. The van der Waals surface area contributed by atoms with Gasteiger partial charge in [-0.3, -0.25) is 10.1 Å². The van der Waals surface area contributed by atoms with Crippen LogP contribution in [0, 0.1) is 24.0 Å². The molecule has 0 spiro atoms. The number of nitrogens with zero attached hydrogens (tertiary/aromatic N) is 2. The summed E-state index contributed by atoms with van der Waals surface area (Å²) >= 11 is 0. The Morgan fingerprint density at radius 1 is 1.38 bits per heavy atom. The van der Waals surface area contributed by atoms with E-state index >= 15 is 0 Å². The summed E-state index contributed by atoms with van der Waals surface area (Å²) < 4.78 is 26.3. The van der Waals surface area contributed by atoms with Crippen LogP contribution in [-0.2, 0) is 10.0 Å². The second kappa shape index (κ2) is 5.04. The molecule has 1 aromatic carbocycles. The second-order valence-corrected chi connectivity index (χ2v) is 7.40. The number of nitro groups is 1. The van der Waals surface area contributed by atoms with Crippen molar-refractivity contribution < 1.29 is 18.4 Å². The maximum absolute atomic E-state index is 12.6. The fourth-order valence-electron chi connectivity index (χ4n) is 2.32. The van der Waals surface area contributed by atoms with E-state index in [2.05, 4.69) is 0 Å². The zero-order valence-corrected chi connectivity index (χ0v) is 13.0. The lowest BCUT2D eigenvalue weighted by Crippen LogP contribution is -2.62. The molecule has 0 saturated carbocycles. The van der Waals surface area contributed by atoms with Crippen LogP contribution in [0.5, 0.6) is 0 Å². The molecule has 1 heterocycles. The number of nitro benzene ring substituents is 1. The number of sulfonamides is 1. The molecule has 0 bridgehead atoms. The molecule has 0 atom stereocenters. The van der Waals surface area contributed by atoms with Gasteiger partial charge in [-0.15, -0.1) is 0 Å². The van der Waals surface area contributed by atoms with E-state index < -0.39 is 20.5 Å². The van der Waals surface area contributed by atoms with E-state index in [0.717, 1.165) is 10.4 Å². The Morgan fingerprint density at radius 3 is 2.43 bits per heavy atom. The van der Waals surface area contributed by atoms with Crippen molar-refractivity contribution in [3.05, 3.63) is 33.4 Å². The predicted molar refractivity (Wildman–Crippen MR) is 76.6 cm³/mol. The first-order chi connectivity index (χ1) is 9.60. The minimum atomic E-state index is -3.82. The van der Waals surface area contributed by atoms with Crippen LogP contribution < -0.4 is 0 Å². The molecular weight excluding hydrogens is 296 g/mol.